The Labute approximate surface area is 197 Å². The fraction of sp³-hybridized carbons (Fsp3) is 0.231. The second-order valence-electron chi connectivity index (χ2n) is 8.15. The summed E-state index contributed by atoms with van der Waals surface area (Å²) >= 11 is 0. The van der Waals surface area contributed by atoms with Gasteiger partial charge in [0.25, 0.3) is 5.91 Å². The molecular weight excluding hydrogens is 433 g/mol. The van der Waals surface area contributed by atoms with Gasteiger partial charge < -0.3 is 15.7 Å². The van der Waals surface area contributed by atoms with E-state index in [0.717, 1.165) is 28.2 Å². The highest BCUT2D eigenvalue weighted by Gasteiger charge is 2.32. The second-order valence-corrected chi connectivity index (χ2v) is 8.15. The van der Waals surface area contributed by atoms with Gasteiger partial charge in [-0.2, -0.15) is 5.26 Å². The zero-order valence-corrected chi connectivity index (χ0v) is 18.6. The number of amidine groups is 1. The fourth-order valence-corrected chi connectivity index (χ4v) is 3.94. The minimum atomic E-state index is -0.744. The number of aliphatic imine (C=N–C) groups is 1. The third-order valence-corrected chi connectivity index (χ3v) is 5.71. The molecule has 7 nitrogen and oxygen atoms in total. The lowest BCUT2D eigenvalue weighted by Gasteiger charge is -2.18. The average molecular weight is 458 g/mol. The predicted molar refractivity (Wildman–Crippen MR) is 127 cm³/mol. The van der Waals surface area contributed by atoms with Crippen molar-refractivity contribution in [3.05, 3.63) is 94.6 Å². The Bertz CT molecular complexity index is 1250. The van der Waals surface area contributed by atoms with Gasteiger partial charge in [0.05, 0.1) is 23.5 Å². The van der Waals surface area contributed by atoms with Crippen LogP contribution in [0.1, 0.15) is 45.7 Å². The maximum Gasteiger partial charge on any atom is 0.253 e. The molecule has 1 heterocycles. The number of carbonyl (C=O) groups excluding carboxylic acids is 1. The van der Waals surface area contributed by atoms with Crippen LogP contribution in [0.15, 0.2) is 65.8 Å². The molecule has 1 aliphatic carbocycles. The molecule has 1 aliphatic rings. The number of aromatic nitrogens is 1. The first-order valence-corrected chi connectivity index (χ1v) is 10.9. The van der Waals surface area contributed by atoms with E-state index in [1.165, 1.54) is 30.5 Å². The smallest absolute Gasteiger partial charge is 0.253 e. The molecule has 2 atom stereocenters. The number of carbonyl (C=O) groups is 1. The molecule has 0 aliphatic heterocycles. The minimum Gasteiger partial charge on any atom is -0.390 e. The van der Waals surface area contributed by atoms with E-state index in [9.17, 15) is 14.3 Å². The predicted octanol–water partition coefficient (Wildman–Crippen LogP) is 3.55. The van der Waals surface area contributed by atoms with Gasteiger partial charge >= 0.3 is 0 Å². The third kappa shape index (κ3) is 5.45. The Balaban J connectivity index is 1.41. The summed E-state index contributed by atoms with van der Waals surface area (Å²) in [4.78, 5) is 21.1. The van der Waals surface area contributed by atoms with Crippen LogP contribution in [-0.4, -0.2) is 34.5 Å². The average Bonchev–Trinajstić information content (AvgIpc) is 3.14. The molecule has 3 aromatic rings. The van der Waals surface area contributed by atoms with E-state index in [4.69, 9.17) is 5.26 Å². The first-order valence-electron chi connectivity index (χ1n) is 10.9. The Morgan fingerprint density at radius 2 is 2.03 bits per heavy atom. The number of aliphatic hydroxyl groups excluding tert-OH is 1. The molecule has 1 amide bonds. The summed E-state index contributed by atoms with van der Waals surface area (Å²) in [5.41, 5.74) is 4.17. The largest absolute Gasteiger partial charge is 0.390 e. The molecule has 34 heavy (non-hydrogen) atoms. The lowest BCUT2D eigenvalue weighted by atomic mass is 10.1. The molecular formula is C26H24FN5O2. The SMILES string of the molecule is CC(=NCCc1ccc(F)cc1)Nc1ccc2c(c1)[C@@H](NC(=O)c1ccc(C#N)nc1)[C@H](O)C2. The fourth-order valence-electron chi connectivity index (χ4n) is 3.94. The lowest BCUT2D eigenvalue weighted by molar-refractivity contribution is 0.0858. The Morgan fingerprint density at radius 1 is 1.24 bits per heavy atom. The maximum atomic E-state index is 13.0. The van der Waals surface area contributed by atoms with Crippen LogP contribution in [0.4, 0.5) is 10.1 Å². The standard InChI is InChI=1S/C26H24FN5O2/c1-16(29-11-10-17-2-6-20(27)7-3-17)31-21-8-4-18-12-24(33)25(23(18)13-21)32-26(34)19-5-9-22(14-28)30-15-19/h2-9,13,15,24-25,33H,10-12H2,1H3,(H,29,31)(H,32,34)/t24-,25-/m1/s1. The number of halogens is 1. The van der Waals surface area contributed by atoms with Crippen molar-refractivity contribution >= 4 is 17.4 Å². The van der Waals surface area contributed by atoms with E-state index in [1.807, 2.05) is 31.2 Å². The topological polar surface area (TPSA) is 110 Å². The molecule has 0 saturated heterocycles. The van der Waals surface area contributed by atoms with Crippen LogP contribution in [0, 0.1) is 17.1 Å². The zero-order valence-electron chi connectivity index (χ0n) is 18.6. The Kier molecular flexibility index (Phi) is 6.95. The van der Waals surface area contributed by atoms with E-state index >= 15 is 0 Å². The van der Waals surface area contributed by atoms with E-state index in [2.05, 4.69) is 20.6 Å². The molecule has 3 N–H and O–H groups in total. The first-order chi connectivity index (χ1) is 16.4. The second kappa shape index (κ2) is 10.2. The van der Waals surface area contributed by atoms with Crippen molar-refractivity contribution in [1.29, 1.82) is 5.26 Å². The van der Waals surface area contributed by atoms with Crippen LogP contribution in [0.3, 0.4) is 0 Å². The van der Waals surface area contributed by atoms with Gasteiger partial charge in [0, 0.05) is 24.8 Å². The summed E-state index contributed by atoms with van der Waals surface area (Å²) in [5.74, 6) is 0.102. The first kappa shape index (κ1) is 23.1. The molecule has 0 saturated carbocycles. The molecule has 172 valence electrons. The highest BCUT2D eigenvalue weighted by Crippen LogP contribution is 2.33. The van der Waals surface area contributed by atoms with Crippen molar-refractivity contribution in [2.45, 2.75) is 31.9 Å². The number of amides is 1. The Morgan fingerprint density at radius 3 is 2.74 bits per heavy atom. The number of hydrogen-bond donors (Lipinski definition) is 3. The van der Waals surface area contributed by atoms with Crippen molar-refractivity contribution in [3.8, 4) is 6.07 Å². The van der Waals surface area contributed by atoms with Crippen LogP contribution < -0.4 is 10.6 Å². The van der Waals surface area contributed by atoms with Gasteiger partial charge in [-0.1, -0.05) is 18.2 Å². The summed E-state index contributed by atoms with van der Waals surface area (Å²) in [6, 6.07) is 16.5. The monoisotopic (exact) mass is 457 g/mol. The van der Waals surface area contributed by atoms with Crippen molar-refractivity contribution < 1.29 is 14.3 Å². The van der Waals surface area contributed by atoms with Crippen LogP contribution in [0.2, 0.25) is 0 Å². The van der Waals surface area contributed by atoms with Gasteiger partial charge in [0.2, 0.25) is 0 Å². The number of nitrogens with one attached hydrogen (secondary N) is 2. The van der Waals surface area contributed by atoms with Crippen molar-refractivity contribution in [2.24, 2.45) is 4.99 Å². The van der Waals surface area contributed by atoms with Crippen molar-refractivity contribution in [2.75, 3.05) is 11.9 Å². The summed E-state index contributed by atoms with van der Waals surface area (Å²) < 4.78 is 13.0. The number of anilines is 1. The van der Waals surface area contributed by atoms with Crippen LogP contribution in [0.5, 0.6) is 0 Å². The number of pyridine rings is 1. The van der Waals surface area contributed by atoms with Gasteiger partial charge in [-0.3, -0.25) is 9.79 Å². The molecule has 0 radical (unpaired) electrons. The van der Waals surface area contributed by atoms with E-state index in [1.54, 1.807) is 12.1 Å². The van der Waals surface area contributed by atoms with E-state index in [-0.39, 0.29) is 17.4 Å². The number of hydrogen-bond acceptors (Lipinski definition) is 5. The number of nitriles is 1. The molecule has 0 fully saturated rings. The quantitative estimate of drug-likeness (QED) is 0.387. The number of nitrogens with zero attached hydrogens (tertiary/aromatic N) is 3. The number of benzene rings is 2. The number of fused-ring (bicyclic) bond motifs is 1. The molecule has 2 aromatic carbocycles. The summed E-state index contributed by atoms with van der Waals surface area (Å²) in [6.45, 7) is 2.43. The number of aliphatic hydroxyl groups is 1. The zero-order chi connectivity index (χ0) is 24.1. The lowest BCUT2D eigenvalue weighted by Crippen LogP contribution is -2.34. The van der Waals surface area contributed by atoms with Gasteiger partial charge in [0.15, 0.2) is 0 Å². The number of rotatable bonds is 6. The molecule has 0 bridgehead atoms. The molecule has 4 rings (SSSR count). The summed E-state index contributed by atoms with van der Waals surface area (Å²) in [5, 5.41) is 25.6. The highest BCUT2D eigenvalue weighted by molar-refractivity contribution is 5.95. The van der Waals surface area contributed by atoms with Crippen LogP contribution >= 0.6 is 0 Å². The maximum absolute atomic E-state index is 13.0. The van der Waals surface area contributed by atoms with Gasteiger partial charge in [0.1, 0.15) is 17.6 Å². The summed E-state index contributed by atoms with van der Waals surface area (Å²) in [7, 11) is 0. The molecule has 0 unspecified atom stereocenters. The normalized spacial score (nSPS) is 17.1. The van der Waals surface area contributed by atoms with E-state index in [0.29, 0.717) is 24.9 Å². The molecule has 1 aromatic heterocycles. The third-order valence-electron chi connectivity index (χ3n) is 5.71. The Hall–Kier alpha value is -4.09. The molecule has 8 heteroatoms. The van der Waals surface area contributed by atoms with Gasteiger partial charge in [-0.25, -0.2) is 9.37 Å². The van der Waals surface area contributed by atoms with Gasteiger partial charge in [-0.05, 0) is 66.4 Å². The van der Waals surface area contributed by atoms with E-state index < -0.39 is 12.1 Å². The van der Waals surface area contributed by atoms with Crippen LogP contribution in [0.25, 0.3) is 0 Å². The van der Waals surface area contributed by atoms with Crippen LogP contribution in [-0.2, 0) is 12.8 Å². The molecule has 0 spiro atoms. The minimum absolute atomic E-state index is 0.230. The van der Waals surface area contributed by atoms with Crippen molar-refractivity contribution in [3.63, 3.8) is 0 Å². The summed E-state index contributed by atoms with van der Waals surface area (Å²) in [6.07, 6.45) is 1.75. The van der Waals surface area contributed by atoms with Gasteiger partial charge in [-0.15, -0.1) is 0 Å². The highest BCUT2D eigenvalue weighted by atomic mass is 19.1. The van der Waals surface area contributed by atoms with Crippen molar-refractivity contribution in [1.82, 2.24) is 10.3 Å².